The molecule has 2 atom stereocenters. The Kier molecular flexibility index (Phi) is 2.30. The predicted molar refractivity (Wildman–Crippen MR) is 53.8 cm³/mol. The van der Waals surface area contributed by atoms with Crippen molar-refractivity contribution in [3.63, 3.8) is 0 Å². The van der Waals surface area contributed by atoms with E-state index in [1.165, 1.54) is 0 Å². The van der Waals surface area contributed by atoms with Gasteiger partial charge in [0.15, 0.2) is 0 Å². The molecule has 1 saturated carbocycles. The van der Waals surface area contributed by atoms with Crippen molar-refractivity contribution in [1.82, 2.24) is 4.72 Å². The number of benzene rings is 1. The van der Waals surface area contributed by atoms with Crippen LogP contribution < -0.4 is 9.86 Å². The van der Waals surface area contributed by atoms with Gasteiger partial charge in [-0.25, -0.2) is 5.14 Å². The van der Waals surface area contributed by atoms with E-state index in [2.05, 4.69) is 4.72 Å². The minimum Gasteiger partial charge on any atom is -0.216 e. The van der Waals surface area contributed by atoms with Crippen LogP contribution in [-0.4, -0.2) is 14.5 Å². The van der Waals surface area contributed by atoms with Gasteiger partial charge in [0.05, 0.1) is 0 Å². The lowest BCUT2D eigenvalue weighted by atomic mass is 10.1. The van der Waals surface area contributed by atoms with Crippen LogP contribution in [0, 0.1) is 0 Å². The summed E-state index contributed by atoms with van der Waals surface area (Å²) in [6.45, 7) is 0. The second kappa shape index (κ2) is 3.34. The summed E-state index contributed by atoms with van der Waals surface area (Å²) < 4.78 is 23.8. The molecule has 0 unspecified atom stereocenters. The van der Waals surface area contributed by atoms with Gasteiger partial charge in [-0.2, -0.15) is 13.1 Å². The van der Waals surface area contributed by atoms with Crippen LogP contribution in [0.3, 0.4) is 0 Å². The van der Waals surface area contributed by atoms with E-state index < -0.39 is 10.2 Å². The Morgan fingerprint density at radius 3 is 2.50 bits per heavy atom. The number of rotatable bonds is 3. The lowest BCUT2D eigenvalue weighted by Gasteiger charge is -2.00. The molecule has 0 bridgehead atoms. The van der Waals surface area contributed by atoms with E-state index in [1.807, 2.05) is 30.3 Å². The van der Waals surface area contributed by atoms with E-state index in [-0.39, 0.29) is 12.0 Å². The standard InChI is InChI=1S/C9H12N2O2S/c10-14(12,13)11-9-6-8(9)7-4-2-1-3-5-7/h1-5,8-9,11H,6H2,(H2,10,12,13)/t8-,9+/m0/s1. The average molecular weight is 212 g/mol. The normalized spacial score (nSPS) is 26.1. The highest BCUT2D eigenvalue weighted by atomic mass is 32.2. The van der Waals surface area contributed by atoms with Crippen molar-refractivity contribution in [1.29, 1.82) is 0 Å². The number of nitrogens with two attached hydrogens (primary N) is 1. The number of hydrogen-bond acceptors (Lipinski definition) is 2. The first-order valence-corrected chi connectivity index (χ1v) is 5.96. The highest BCUT2D eigenvalue weighted by molar-refractivity contribution is 7.87. The first-order valence-electron chi connectivity index (χ1n) is 4.41. The fourth-order valence-corrected chi connectivity index (χ4v) is 2.29. The third kappa shape index (κ3) is 2.31. The Morgan fingerprint density at radius 1 is 1.29 bits per heavy atom. The van der Waals surface area contributed by atoms with Crippen molar-refractivity contribution in [2.75, 3.05) is 0 Å². The number of hydrogen-bond donors (Lipinski definition) is 2. The Morgan fingerprint density at radius 2 is 1.93 bits per heavy atom. The first kappa shape index (κ1) is 9.64. The second-order valence-electron chi connectivity index (χ2n) is 3.52. The molecule has 5 heteroatoms. The van der Waals surface area contributed by atoms with Crippen LogP contribution in [0.15, 0.2) is 30.3 Å². The zero-order valence-electron chi connectivity index (χ0n) is 7.55. The predicted octanol–water partition coefficient (Wildman–Crippen LogP) is 0.336. The van der Waals surface area contributed by atoms with Crippen molar-refractivity contribution in [2.24, 2.45) is 5.14 Å². The van der Waals surface area contributed by atoms with Crippen LogP contribution in [0.1, 0.15) is 17.9 Å². The topological polar surface area (TPSA) is 72.2 Å². The maximum atomic E-state index is 10.7. The summed E-state index contributed by atoms with van der Waals surface area (Å²) in [5.74, 6) is 0.287. The molecule has 1 aliphatic rings. The Balaban J connectivity index is 2.01. The highest BCUT2D eigenvalue weighted by Gasteiger charge is 2.40. The summed E-state index contributed by atoms with van der Waals surface area (Å²) in [6, 6.07) is 9.80. The van der Waals surface area contributed by atoms with Crippen molar-refractivity contribution in [3.05, 3.63) is 35.9 Å². The van der Waals surface area contributed by atoms with Gasteiger partial charge in [0.1, 0.15) is 0 Å². The van der Waals surface area contributed by atoms with Gasteiger partial charge in [-0.1, -0.05) is 30.3 Å². The molecule has 3 N–H and O–H groups in total. The molecule has 4 nitrogen and oxygen atoms in total. The quantitative estimate of drug-likeness (QED) is 0.758. The van der Waals surface area contributed by atoms with Crippen LogP contribution in [-0.2, 0) is 10.2 Å². The summed E-state index contributed by atoms with van der Waals surface area (Å²) in [4.78, 5) is 0. The fraction of sp³-hybridized carbons (Fsp3) is 0.333. The molecule has 2 rings (SSSR count). The van der Waals surface area contributed by atoms with Gasteiger partial charge in [-0.05, 0) is 12.0 Å². The molecular weight excluding hydrogens is 200 g/mol. The van der Waals surface area contributed by atoms with Crippen molar-refractivity contribution < 1.29 is 8.42 Å². The van der Waals surface area contributed by atoms with Crippen LogP contribution in [0.2, 0.25) is 0 Å². The molecular formula is C9H12N2O2S. The summed E-state index contributed by atoms with van der Waals surface area (Å²) in [6.07, 6.45) is 0.834. The highest BCUT2D eigenvalue weighted by Crippen LogP contribution is 2.40. The molecule has 0 aromatic heterocycles. The van der Waals surface area contributed by atoms with Gasteiger partial charge < -0.3 is 0 Å². The summed E-state index contributed by atoms with van der Waals surface area (Å²) >= 11 is 0. The average Bonchev–Trinajstić information content (AvgIpc) is 2.82. The van der Waals surface area contributed by atoms with Crippen LogP contribution in [0.25, 0.3) is 0 Å². The molecule has 0 heterocycles. The van der Waals surface area contributed by atoms with Crippen LogP contribution >= 0.6 is 0 Å². The summed E-state index contributed by atoms with van der Waals surface area (Å²) in [5.41, 5.74) is 1.16. The third-order valence-electron chi connectivity index (χ3n) is 2.33. The van der Waals surface area contributed by atoms with Gasteiger partial charge in [0, 0.05) is 12.0 Å². The van der Waals surface area contributed by atoms with E-state index in [0.717, 1.165) is 12.0 Å². The van der Waals surface area contributed by atoms with Gasteiger partial charge in [0.25, 0.3) is 10.2 Å². The lowest BCUT2D eigenvalue weighted by molar-refractivity contribution is 0.582. The lowest BCUT2D eigenvalue weighted by Crippen LogP contribution is -2.33. The monoisotopic (exact) mass is 212 g/mol. The third-order valence-corrected chi connectivity index (χ3v) is 2.97. The molecule has 0 spiro atoms. The Bertz CT molecular complexity index is 416. The number of nitrogens with one attached hydrogen (secondary N) is 1. The molecule has 0 amide bonds. The summed E-state index contributed by atoms with van der Waals surface area (Å²) in [7, 11) is -3.55. The van der Waals surface area contributed by atoms with E-state index in [9.17, 15) is 8.42 Å². The fourth-order valence-electron chi connectivity index (χ4n) is 1.60. The molecule has 0 aliphatic heterocycles. The van der Waals surface area contributed by atoms with Gasteiger partial charge in [-0.3, -0.25) is 0 Å². The maximum absolute atomic E-state index is 10.7. The van der Waals surface area contributed by atoms with Crippen LogP contribution in [0.5, 0.6) is 0 Å². The first-order chi connectivity index (χ1) is 6.56. The summed E-state index contributed by atoms with van der Waals surface area (Å²) in [5, 5.41) is 4.88. The molecule has 14 heavy (non-hydrogen) atoms. The molecule has 76 valence electrons. The van der Waals surface area contributed by atoms with Crippen molar-refractivity contribution >= 4 is 10.2 Å². The Labute approximate surface area is 83.3 Å². The van der Waals surface area contributed by atoms with Gasteiger partial charge in [0.2, 0.25) is 0 Å². The van der Waals surface area contributed by atoms with E-state index >= 15 is 0 Å². The molecule has 1 aliphatic carbocycles. The second-order valence-corrected chi connectivity index (χ2v) is 4.85. The zero-order chi connectivity index (χ0) is 10.2. The molecule has 1 aromatic carbocycles. The van der Waals surface area contributed by atoms with Crippen LogP contribution in [0.4, 0.5) is 0 Å². The molecule has 0 radical (unpaired) electrons. The minimum atomic E-state index is -3.55. The van der Waals surface area contributed by atoms with E-state index in [1.54, 1.807) is 0 Å². The Hall–Kier alpha value is -0.910. The van der Waals surface area contributed by atoms with Gasteiger partial charge in [-0.15, -0.1) is 0 Å². The van der Waals surface area contributed by atoms with Crippen molar-refractivity contribution in [2.45, 2.75) is 18.4 Å². The zero-order valence-corrected chi connectivity index (χ0v) is 8.37. The molecule has 1 fully saturated rings. The van der Waals surface area contributed by atoms with Gasteiger partial charge >= 0.3 is 0 Å². The largest absolute Gasteiger partial charge is 0.274 e. The molecule has 1 aromatic rings. The minimum absolute atomic E-state index is 0.0209. The van der Waals surface area contributed by atoms with Crippen molar-refractivity contribution in [3.8, 4) is 0 Å². The molecule has 0 saturated heterocycles. The smallest absolute Gasteiger partial charge is 0.216 e. The van der Waals surface area contributed by atoms with E-state index in [4.69, 9.17) is 5.14 Å². The maximum Gasteiger partial charge on any atom is 0.274 e. The van der Waals surface area contributed by atoms with E-state index in [0.29, 0.717) is 0 Å². The SMILES string of the molecule is NS(=O)(=O)N[C@@H]1C[C@H]1c1ccccc1.